The van der Waals surface area contributed by atoms with Gasteiger partial charge in [0.2, 0.25) is 0 Å². The minimum atomic E-state index is 0.318. The Labute approximate surface area is 106 Å². The fraction of sp³-hybridized carbons (Fsp3) is 0.933. The smallest absolute Gasteiger partial charge is 0.137 e. The van der Waals surface area contributed by atoms with Gasteiger partial charge in [0.05, 0.1) is 0 Å². The van der Waals surface area contributed by atoms with E-state index in [4.69, 9.17) is 0 Å². The van der Waals surface area contributed by atoms with Gasteiger partial charge in [-0.3, -0.25) is 9.69 Å². The van der Waals surface area contributed by atoms with Crippen molar-refractivity contribution < 1.29 is 4.79 Å². The fourth-order valence-electron chi connectivity index (χ4n) is 3.83. The summed E-state index contributed by atoms with van der Waals surface area (Å²) in [5.74, 6) is 2.04. The number of ketones is 1. The summed E-state index contributed by atoms with van der Waals surface area (Å²) >= 11 is 0. The second kappa shape index (κ2) is 5.51. The largest absolute Gasteiger partial charge is 0.300 e. The van der Waals surface area contributed by atoms with Crippen molar-refractivity contribution in [1.82, 2.24) is 4.90 Å². The second-order valence-corrected chi connectivity index (χ2v) is 6.29. The molecule has 0 N–H and O–H groups in total. The molecule has 2 heteroatoms. The lowest BCUT2D eigenvalue weighted by atomic mass is 9.74. The third-order valence-electron chi connectivity index (χ3n) is 4.83. The summed E-state index contributed by atoms with van der Waals surface area (Å²) in [6, 6.07) is 0.745. The number of Topliss-reactive ketones (excluding diaryl/α,β-unsaturated/α-hetero) is 1. The molecule has 0 bridgehead atoms. The summed E-state index contributed by atoms with van der Waals surface area (Å²) in [5.41, 5.74) is 0. The van der Waals surface area contributed by atoms with Crippen LogP contribution in [0.5, 0.6) is 0 Å². The van der Waals surface area contributed by atoms with Crippen molar-refractivity contribution in [3.05, 3.63) is 0 Å². The first-order chi connectivity index (χ1) is 8.11. The first kappa shape index (κ1) is 13.1. The molecule has 4 atom stereocenters. The molecule has 1 heterocycles. The van der Waals surface area contributed by atoms with Gasteiger partial charge in [0.15, 0.2) is 0 Å². The Kier molecular flexibility index (Phi) is 4.24. The standard InChI is InChI=1S/C15H27NO/c1-4-13-6-5-7-16(13)10-14-12(3)8-11(2)9-15(14)17/h11-14H,4-10H2,1-3H3. The molecular formula is C15H27NO. The molecule has 0 radical (unpaired) electrons. The predicted octanol–water partition coefficient (Wildman–Crippen LogP) is 3.11. The average molecular weight is 237 g/mol. The quantitative estimate of drug-likeness (QED) is 0.751. The number of hydrogen-bond acceptors (Lipinski definition) is 2. The van der Waals surface area contributed by atoms with Crippen molar-refractivity contribution in [2.45, 2.75) is 58.9 Å². The number of hydrogen-bond donors (Lipinski definition) is 0. The maximum atomic E-state index is 12.2. The van der Waals surface area contributed by atoms with Gasteiger partial charge in [-0.05, 0) is 44.1 Å². The van der Waals surface area contributed by atoms with Crippen LogP contribution < -0.4 is 0 Å². The van der Waals surface area contributed by atoms with Crippen molar-refractivity contribution >= 4 is 5.78 Å². The van der Waals surface area contributed by atoms with Crippen LogP contribution in [0.15, 0.2) is 0 Å². The van der Waals surface area contributed by atoms with Crippen molar-refractivity contribution in [3.63, 3.8) is 0 Å². The van der Waals surface area contributed by atoms with Crippen LogP contribution in [0.3, 0.4) is 0 Å². The normalized spacial score (nSPS) is 39.8. The van der Waals surface area contributed by atoms with Crippen LogP contribution in [0.2, 0.25) is 0 Å². The zero-order valence-electron chi connectivity index (χ0n) is 11.6. The van der Waals surface area contributed by atoms with Crippen LogP contribution in [0.1, 0.15) is 52.9 Å². The molecule has 0 aromatic rings. The van der Waals surface area contributed by atoms with Gasteiger partial charge in [-0.15, -0.1) is 0 Å². The topological polar surface area (TPSA) is 20.3 Å². The predicted molar refractivity (Wildman–Crippen MR) is 70.9 cm³/mol. The van der Waals surface area contributed by atoms with E-state index in [0.717, 1.165) is 19.0 Å². The van der Waals surface area contributed by atoms with Crippen molar-refractivity contribution in [1.29, 1.82) is 0 Å². The maximum Gasteiger partial charge on any atom is 0.137 e. The molecule has 17 heavy (non-hydrogen) atoms. The van der Waals surface area contributed by atoms with Crippen molar-refractivity contribution in [3.8, 4) is 0 Å². The van der Waals surface area contributed by atoms with Crippen LogP contribution in [0, 0.1) is 17.8 Å². The summed E-state index contributed by atoms with van der Waals surface area (Å²) in [6.07, 6.45) is 5.96. The third-order valence-corrected chi connectivity index (χ3v) is 4.83. The highest BCUT2D eigenvalue weighted by atomic mass is 16.1. The third kappa shape index (κ3) is 2.90. The van der Waals surface area contributed by atoms with Crippen molar-refractivity contribution in [2.24, 2.45) is 17.8 Å². The van der Waals surface area contributed by atoms with Crippen LogP contribution >= 0.6 is 0 Å². The van der Waals surface area contributed by atoms with Gasteiger partial charge in [-0.1, -0.05) is 20.8 Å². The van der Waals surface area contributed by atoms with E-state index in [-0.39, 0.29) is 0 Å². The molecule has 0 aromatic carbocycles. The molecule has 0 amide bonds. The number of carbonyl (C=O) groups excluding carboxylic acids is 1. The number of likely N-dealkylation sites (tertiary alicyclic amines) is 1. The summed E-state index contributed by atoms with van der Waals surface area (Å²) < 4.78 is 0. The molecule has 0 spiro atoms. The first-order valence-electron chi connectivity index (χ1n) is 7.38. The monoisotopic (exact) mass is 237 g/mol. The molecule has 98 valence electrons. The lowest BCUT2D eigenvalue weighted by molar-refractivity contribution is -0.128. The maximum absolute atomic E-state index is 12.2. The van der Waals surface area contributed by atoms with E-state index in [1.54, 1.807) is 0 Å². The van der Waals surface area contributed by atoms with Crippen LogP contribution in [-0.2, 0) is 4.79 Å². The Morgan fingerprint density at radius 3 is 2.76 bits per heavy atom. The minimum absolute atomic E-state index is 0.318. The molecule has 4 unspecified atom stereocenters. The number of rotatable bonds is 3. The molecule has 1 aliphatic carbocycles. The van der Waals surface area contributed by atoms with Gasteiger partial charge in [0.1, 0.15) is 5.78 Å². The molecule has 2 aliphatic rings. The number of nitrogens with zero attached hydrogens (tertiary/aromatic N) is 1. The van der Waals surface area contributed by atoms with Gasteiger partial charge < -0.3 is 0 Å². The first-order valence-corrected chi connectivity index (χ1v) is 7.38. The van der Waals surface area contributed by atoms with E-state index in [9.17, 15) is 4.79 Å². The van der Waals surface area contributed by atoms with E-state index in [1.807, 2.05) is 0 Å². The summed E-state index contributed by atoms with van der Waals surface area (Å²) in [6.45, 7) is 9.01. The molecule has 2 rings (SSSR count). The lowest BCUT2D eigenvalue weighted by Crippen LogP contribution is -2.41. The number of carbonyl (C=O) groups is 1. The van der Waals surface area contributed by atoms with Crippen molar-refractivity contribution in [2.75, 3.05) is 13.1 Å². The Hall–Kier alpha value is -0.370. The highest BCUT2D eigenvalue weighted by Gasteiger charge is 2.35. The van der Waals surface area contributed by atoms with E-state index in [0.29, 0.717) is 23.5 Å². The van der Waals surface area contributed by atoms with Gasteiger partial charge in [0, 0.05) is 24.9 Å². The molecule has 0 aromatic heterocycles. The Morgan fingerprint density at radius 2 is 2.12 bits per heavy atom. The zero-order chi connectivity index (χ0) is 12.4. The minimum Gasteiger partial charge on any atom is -0.300 e. The van der Waals surface area contributed by atoms with E-state index >= 15 is 0 Å². The summed E-state index contributed by atoms with van der Waals surface area (Å²) in [5, 5.41) is 0. The van der Waals surface area contributed by atoms with E-state index in [1.165, 1.54) is 32.2 Å². The molecule has 2 fully saturated rings. The average Bonchev–Trinajstić information content (AvgIpc) is 2.70. The highest BCUT2D eigenvalue weighted by Crippen LogP contribution is 2.33. The Balaban J connectivity index is 1.95. The van der Waals surface area contributed by atoms with Crippen LogP contribution in [-0.4, -0.2) is 29.8 Å². The van der Waals surface area contributed by atoms with Gasteiger partial charge in [-0.2, -0.15) is 0 Å². The Bertz CT molecular complexity index is 276. The Morgan fingerprint density at radius 1 is 1.35 bits per heavy atom. The second-order valence-electron chi connectivity index (χ2n) is 6.29. The van der Waals surface area contributed by atoms with Gasteiger partial charge in [0.25, 0.3) is 0 Å². The lowest BCUT2D eigenvalue weighted by Gasteiger charge is -2.35. The molecule has 1 saturated carbocycles. The van der Waals surface area contributed by atoms with E-state index in [2.05, 4.69) is 25.7 Å². The molecule has 2 nitrogen and oxygen atoms in total. The van der Waals surface area contributed by atoms with Crippen LogP contribution in [0.25, 0.3) is 0 Å². The summed E-state index contributed by atoms with van der Waals surface area (Å²) in [4.78, 5) is 14.7. The molecular weight excluding hydrogens is 210 g/mol. The molecule has 1 saturated heterocycles. The van der Waals surface area contributed by atoms with Gasteiger partial charge >= 0.3 is 0 Å². The zero-order valence-corrected chi connectivity index (χ0v) is 11.6. The summed E-state index contributed by atoms with van der Waals surface area (Å²) in [7, 11) is 0. The SMILES string of the molecule is CCC1CCCN1CC1C(=O)CC(C)CC1C. The van der Waals surface area contributed by atoms with Crippen LogP contribution in [0.4, 0.5) is 0 Å². The van der Waals surface area contributed by atoms with E-state index < -0.39 is 0 Å². The van der Waals surface area contributed by atoms with Gasteiger partial charge in [-0.25, -0.2) is 0 Å². The molecule has 1 aliphatic heterocycles. The highest BCUT2D eigenvalue weighted by molar-refractivity contribution is 5.82. The fourth-order valence-corrected chi connectivity index (χ4v) is 3.83.